The molecule has 1 aliphatic carbocycles. The van der Waals surface area contributed by atoms with Crippen molar-refractivity contribution in [3.8, 4) is 0 Å². The van der Waals surface area contributed by atoms with Gasteiger partial charge in [0.25, 0.3) is 0 Å². The zero-order valence-corrected chi connectivity index (χ0v) is 10.7. The van der Waals surface area contributed by atoms with Crippen LogP contribution in [0.1, 0.15) is 33.1 Å². The predicted octanol–water partition coefficient (Wildman–Crippen LogP) is 1.60. The molecule has 5 heteroatoms. The fourth-order valence-corrected chi connectivity index (χ4v) is 3.24. The zero-order valence-electron chi connectivity index (χ0n) is 9.04. The monoisotopic (exact) mass is 237 g/mol. The maximum Gasteiger partial charge on any atom is 0.213 e. The molecule has 0 amide bonds. The minimum Gasteiger partial charge on any atom is -0.214 e. The Bertz CT molecular complexity index is 276. The van der Waals surface area contributed by atoms with Gasteiger partial charge in [0.05, 0.1) is 5.25 Å². The van der Waals surface area contributed by atoms with E-state index in [4.69, 9.17) is 0 Å². The highest BCUT2D eigenvalue weighted by Crippen LogP contribution is 2.42. The van der Waals surface area contributed by atoms with E-state index in [2.05, 4.69) is 11.0 Å². The van der Waals surface area contributed by atoms with Crippen LogP contribution in [0.15, 0.2) is 0 Å². The van der Waals surface area contributed by atoms with Gasteiger partial charge >= 0.3 is 0 Å². The van der Waals surface area contributed by atoms with E-state index in [0.717, 1.165) is 12.8 Å². The van der Waals surface area contributed by atoms with Gasteiger partial charge < -0.3 is 0 Å². The number of hydrogen-bond acceptors (Lipinski definition) is 3. The summed E-state index contributed by atoms with van der Waals surface area (Å²) in [5.41, 5.74) is 0. The van der Waals surface area contributed by atoms with Crippen LogP contribution in [0.4, 0.5) is 0 Å². The molecule has 0 spiro atoms. The number of sulfonamides is 1. The Hall–Kier alpha value is 0.260. The molecule has 0 saturated heterocycles. The van der Waals surface area contributed by atoms with Gasteiger partial charge in [-0.2, -0.15) is 11.8 Å². The molecule has 0 atom stereocenters. The summed E-state index contributed by atoms with van der Waals surface area (Å²) in [6.07, 6.45) is 5.55. The summed E-state index contributed by atoms with van der Waals surface area (Å²) >= 11 is 1.78. The second-order valence-corrected chi connectivity index (χ2v) is 7.75. The second-order valence-electron chi connectivity index (χ2n) is 4.16. The van der Waals surface area contributed by atoms with E-state index in [0.29, 0.717) is 6.54 Å². The van der Waals surface area contributed by atoms with Crippen LogP contribution >= 0.6 is 11.8 Å². The third-order valence-electron chi connectivity index (χ3n) is 2.91. The van der Waals surface area contributed by atoms with Crippen molar-refractivity contribution in [3.05, 3.63) is 0 Å². The lowest BCUT2D eigenvalue weighted by Gasteiger charge is -2.40. The fourth-order valence-electron chi connectivity index (χ4n) is 1.42. The molecule has 84 valence electrons. The highest BCUT2D eigenvalue weighted by molar-refractivity contribution is 8.00. The highest BCUT2D eigenvalue weighted by atomic mass is 32.2. The molecule has 1 saturated carbocycles. The van der Waals surface area contributed by atoms with E-state index in [-0.39, 0.29) is 10.00 Å². The Kier molecular flexibility index (Phi) is 3.88. The Balaban J connectivity index is 2.47. The Morgan fingerprint density at radius 2 is 2.00 bits per heavy atom. The first-order valence-electron chi connectivity index (χ1n) is 4.95. The van der Waals surface area contributed by atoms with Gasteiger partial charge in [0.1, 0.15) is 0 Å². The van der Waals surface area contributed by atoms with E-state index in [9.17, 15) is 8.42 Å². The molecule has 1 fully saturated rings. The average molecular weight is 237 g/mol. The van der Waals surface area contributed by atoms with Crippen LogP contribution in [-0.2, 0) is 10.0 Å². The molecule has 0 radical (unpaired) electrons. The van der Waals surface area contributed by atoms with E-state index >= 15 is 0 Å². The molecule has 1 N–H and O–H groups in total. The third-order valence-corrected chi connectivity index (χ3v) is 6.12. The summed E-state index contributed by atoms with van der Waals surface area (Å²) < 4.78 is 25.9. The van der Waals surface area contributed by atoms with Crippen LogP contribution < -0.4 is 4.72 Å². The molecule has 0 unspecified atom stereocenters. The van der Waals surface area contributed by atoms with Gasteiger partial charge in [-0.3, -0.25) is 0 Å². The van der Waals surface area contributed by atoms with E-state index in [1.807, 2.05) is 0 Å². The maximum atomic E-state index is 11.5. The van der Waals surface area contributed by atoms with Crippen LogP contribution in [0.5, 0.6) is 0 Å². The Morgan fingerprint density at radius 1 is 1.43 bits per heavy atom. The lowest BCUT2D eigenvalue weighted by molar-refractivity contribution is 0.361. The van der Waals surface area contributed by atoms with Gasteiger partial charge in [0.2, 0.25) is 10.0 Å². The van der Waals surface area contributed by atoms with Crippen molar-refractivity contribution < 1.29 is 8.42 Å². The molecular weight excluding hydrogens is 218 g/mol. The standard InChI is InChI=1S/C9H19NO2S2/c1-8(2)14(11,12)10-7-9(13-3)5-4-6-9/h8,10H,4-7H2,1-3H3. The van der Waals surface area contributed by atoms with Gasteiger partial charge in [0.15, 0.2) is 0 Å². The number of hydrogen-bond donors (Lipinski definition) is 1. The summed E-state index contributed by atoms with van der Waals surface area (Å²) in [6, 6.07) is 0. The Labute approximate surface area is 91.1 Å². The van der Waals surface area contributed by atoms with Gasteiger partial charge in [-0.1, -0.05) is 6.42 Å². The van der Waals surface area contributed by atoms with Crippen LogP contribution in [0.3, 0.4) is 0 Å². The van der Waals surface area contributed by atoms with Crippen molar-refractivity contribution >= 4 is 21.8 Å². The first-order chi connectivity index (χ1) is 6.42. The second kappa shape index (κ2) is 4.41. The molecule has 0 heterocycles. The van der Waals surface area contributed by atoms with Crippen LogP contribution in [0.2, 0.25) is 0 Å². The highest BCUT2D eigenvalue weighted by Gasteiger charge is 2.37. The molecule has 1 rings (SSSR count). The van der Waals surface area contributed by atoms with Gasteiger partial charge in [-0.25, -0.2) is 13.1 Å². The molecule has 0 aromatic carbocycles. The number of rotatable bonds is 5. The van der Waals surface area contributed by atoms with Crippen molar-refractivity contribution in [1.82, 2.24) is 4.72 Å². The number of nitrogens with one attached hydrogen (secondary N) is 1. The summed E-state index contributed by atoms with van der Waals surface area (Å²) in [5, 5.41) is -0.332. The van der Waals surface area contributed by atoms with Crippen LogP contribution in [-0.4, -0.2) is 31.2 Å². The smallest absolute Gasteiger partial charge is 0.213 e. The van der Waals surface area contributed by atoms with Crippen molar-refractivity contribution in [3.63, 3.8) is 0 Å². The molecule has 0 aliphatic heterocycles. The molecule has 0 aromatic rings. The summed E-state index contributed by atoms with van der Waals surface area (Å²) in [5.74, 6) is 0. The topological polar surface area (TPSA) is 46.2 Å². The first-order valence-corrected chi connectivity index (χ1v) is 7.73. The molecule has 0 bridgehead atoms. The van der Waals surface area contributed by atoms with Crippen molar-refractivity contribution in [2.75, 3.05) is 12.8 Å². The first kappa shape index (κ1) is 12.3. The Morgan fingerprint density at radius 3 is 2.29 bits per heavy atom. The largest absolute Gasteiger partial charge is 0.214 e. The van der Waals surface area contributed by atoms with E-state index in [1.165, 1.54) is 6.42 Å². The lowest BCUT2D eigenvalue weighted by Crippen LogP contribution is -2.46. The van der Waals surface area contributed by atoms with E-state index < -0.39 is 10.0 Å². The summed E-state index contributed by atoms with van der Waals surface area (Å²) in [7, 11) is -3.08. The van der Waals surface area contributed by atoms with Crippen LogP contribution in [0.25, 0.3) is 0 Å². The number of thioether (sulfide) groups is 1. The molecule has 3 nitrogen and oxygen atoms in total. The summed E-state index contributed by atoms with van der Waals surface area (Å²) in [6.45, 7) is 4.00. The molecular formula is C9H19NO2S2. The fraction of sp³-hybridized carbons (Fsp3) is 1.00. The van der Waals surface area contributed by atoms with Crippen molar-refractivity contribution in [1.29, 1.82) is 0 Å². The molecule has 0 aromatic heterocycles. The van der Waals surface area contributed by atoms with Crippen LogP contribution in [0, 0.1) is 0 Å². The lowest BCUT2D eigenvalue weighted by atomic mass is 9.84. The maximum absolute atomic E-state index is 11.5. The minimum absolute atomic E-state index is 0.183. The van der Waals surface area contributed by atoms with E-state index in [1.54, 1.807) is 25.6 Å². The SMILES string of the molecule is CSC1(CNS(=O)(=O)C(C)C)CCC1. The zero-order chi connectivity index (χ0) is 10.8. The van der Waals surface area contributed by atoms with Crippen molar-refractivity contribution in [2.45, 2.75) is 43.1 Å². The third kappa shape index (κ3) is 2.64. The van der Waals surface area contributed by atoms with Gasteiger partial charge in [0, 0.05) is 11.3 Å². The quantitative estimate of drug-likeness (QED) is 0.790. The summed E-state index contributed by atoms with van der Waals surface area (Å²) in [4.78, 5) is 0. The average Bonchev–Trinajstić information content (AvgIpc) is 2.02. The minimum atomic E-state index is -3.08. The normalized spacial score (nSPS) is 20.9. The van der Waals surface area contributed by atoms with Crippen molar-refractivity contribution in [2.24, 2.45) is 0 Å². The predicted molar refractivity (Wildman–Crippen MR) is 62.2 cm³/mol. The molecule has 1 aliphatic rings. The van der Waals surface area contributed by atoms with Gasteiger partial charge in [-0.05, 0) is 32.9 Å². The van der Waals surface area contributed by atoms with Gasteiger partial charge in [-0.15, -0.1) is 0 Å². The molecule has 14 heavy (non-hydrogen) atoms.